The van der Waals surface area contributed by atoms with E-state index in [0.717, 1.165) is 11.1 Å². The fraction of sp³-hybridized carbons (Fsp3) is 0.0625. The zero-order chi connectivity index (χ0) is 16.1. The van der Waals surface area contributed by atoms with Crippen molar-refractivity contribution in [2.45, 2.75) is 6.92 Å². The fourth-order valence-corrected chi connectivity index (χ4v) is 1.63. The van der Waals surface area contributed by atoms with Crippen LogP contribution in [0.5, 0.6) is 0 Å². The van der Waals surface area contributed by atoms with Gasteiger partial charge in [-0.05, 0) is 42.8 Å². The zero-order valence-electron chi connectivity index (χ0n) is 11.9. The Morgan fingerprint density at radius 1 is 1.36 bits per heavy atom. The summed E-state index contributed by atoms with van der Waals surface area (Å²) in [7, 11) is 0. The molecule has 6 heteroatoms. The number of halogens is 1. The van der Waals surface area contributed by atoms with E-state index in [1.807, 2.05) is 0 Å². The quantitative estimate of drug-likeness (QED) is 0.656. The van der Waals surface area contributed by atoms with Gasteiger partial charge in [0.1, 0.15) is 5.82 Å². The van der Waals surface area contributed by atoms with Crippen LogP contribution in [-0.2, 0) is 4.79 Å². The van der Waals surface area contributed by atoms with Crippen LogP contribution in [0.15, 0.2) is 54.6 Å². The average Bonchev–Trinajstić information content (AvgIpc) is 2.97. The predicted molar refractivity (Wildman–Crippen MR) is 81.3 cm³/mol. The molecule has 0 aliphatic rings. The van der Waals surface area contributed by atoms with E-state index in [-0.39, 0.29) is 11.4 Å². The molecule has 0 atom stereocenters. The van der Waals surface area contributed by atoms with Crippen LogP contribution in [0, 0.1) is 5.82 Å². The second-order valence-corrected chi connectivity index (χ2v) is 4.55. The first kappa shape index (κ1) is 15.4. The molecular weight excluding hydrogens is 285 g/mol. The highest BCUT2D eigenvalue weighted by Gasteiger charge is 2.06. The van der Waals surface area contributed by atoms with Gasteiger partial charge in [-0.2, -0.15) is 5.10 Å². The monoisotopic (exact) mass is 299 g/mol. The van der Waals surface area contributed by atoms with Crippen LogP contribution in [0.1, 0.15) is 12.7 Å². The number of nitrogens with one attached hydrogen (secondary N) is 1. The third kappa shape index (κ3) is 3.76. The number of aromatic nitrogens is 3. The molecule has 0 fully saturated rings. The first-order valence-corrected chi connectivity index (χ1v) is 6.43. The normalized spacial score (nSPS) is 11.8. The fourth-order valence-electron chi connectivity index (χ4n) is 1.63. The van der Waals surface area contributed by atoms with Crippen molar-refractivity contribution in [3.63, 3.8) is 0 Å². The van der Waals surface area contributed by atoms with Gasteiger partial charge >= 0.3 is 5.97 Å². The number of benzene rings is 1. The highest BCUT2D eigenvalue weighted by Crippen LogP contribution is 2.17. The van der Waals surface area contributed by atoms with Gasteiger partial charge in [0.2, 0.25) is 0 Å². The van der Waals surface area contributed by atoms with Gasteiger partial charge in [0, 0.05) is 5.56 Å². The van der Waals surface area contributed by atoms with Crippen LogP contribution in [0.3, 0.4) is 0 Å². The first-order valence-electron chi connectivity index (χ1n) is 6.43. The number of carboxylic acid groups (broad SMARTS) is 1. The number of nitrogens with zero attached hydrogens (tertiary/aromatic N) is 2. The van der Waals surface area contributed by atoms with E-state index in [0.29, 0.717) is 11.6 Å². The maximum absolute atomic E-state index is 12.9. The van der Waals surface area contributed by atoms with Gasteiger partial charge in [-0.25, -0.2) is 14.2 Å². The Morgan fingerprint density at radius 3 is 2.68 bits per heavy atom. The third-order valence-electron chi connectivity index (χ3n) is 2.87. The van der Waals surface area contributed by atoms with Crippen molar-refractivity contribution in [2.75, 3.05) is 0 Å². The largest absolute Gasteiger partial charge is 0.478 e. The van der Waals surface area contributed by atoms with Crippen LogP contribution >= 0.6 is 0 Å². The maximum atomic E-state index is 12.9. The topological polar surface area (TPSA) is 78.9 Å². The molecule has 5 nitrogen and oxygen atoms in total. The van der Waals surface area contributed by atoms with E-state index in [2.05, 4.69) is 21.8 Å². The summed E-state index contributed by atoms with van der Waals surface area (Å²) in [6.07, 6.45) is 4.64. The number of hydrogen-bond acceptors (Lipinski definition) is 3. The molecule has 1 aromatic carbocycles. The van der Waals surface area contributed by atoms with Crippen LogP contribution in [0.4, 0.5) is 4.39 Å². The van der Waals surface area contributed by atoms with E-state index in [1.54, 1.807) is 31.2 Å². The molecule has 2 rings (SSSR count). The number of H-pyrrole nitrogens is 1. The van der Waals surface area contributed by atoms with Crippen molar-refractivity contribution in [3.05, 3.63) is 66.3 Å². The van der Waals surface area contributed by atoms with Crippen molar-refractivity contribution in [2.24, 2.45) is 0 Å². The number of allylic oxidation sites excluding steroid dienone is 3. The Morgan fingerprint density at radius 2 is 2.05 bits per heavy atom. The summed E-state index contributed by atoms with van der Waals surface area (Å²) < 4.78 is 12.9. The minimum Gasteiger partial charge on any atom is -0.478 e. The molecule has 2 aromatic rings. The standard InChI is InChI=1S/C16H14FN3O2/c1-10(4-3-5-11(2)16(21)22)14-18-15(20-19-14)12-6-8-13(17)9-7-12/h3-9H,2H2,1H3,(H,21,22)(H,18,19,20)/b5-3-,10-4+. The highest BCUT2D eigenvalue weighted by molar-refractivity contribution is 5.89. The van der Waals surface area contributed by atoms with Crippen LogP contribution in [-0.4, -0.2) is 26.3 Å². The predicted octanol–water partition coefficient (Wildman–Crippen LogP) is 3.21. The molecule has 2 N–H and O–H groups in total. The summed E-state index contributed by atoms with van der Waals surface area (Å²) in [5.41, 5.74) is 1.47. The Bertz CT molecular complexity index is 758. The molecule has 0 aliphatic carbocycles. The first-order chi connectivity index (χ1) is 10.5. The number of hydrogen-bond donors (Lipinski definition) is 2. The maximum Gasteiger partial charge on any atom is 0.335 e. The molecule has 0 saturated carbocycles. The van der Waals surface area contributed by atoms with E-state index >= 15 is 0 Å². The minimum atomic E-state index is -1.07. The molecule has 0 unspecified atom stereocenters. The van der Waals surface area contributed by atoms with Crippen molar-refractivity contribution >= 4 is 11.5 Å². The van der Waals surface area contributed by atoms with E-state index in [9.17, 15) is 9.18 Å². The molecule has 112 valence electrons. The average molecular weight is 299 g/mol. The lowest BCUT2D eigenvalue weighted by atomic mass is 10.2. The van der Waals surface area contributed by atoms with Gasteiger partial charge in [-0.1, -0.05) is 18.7 Å². The number of rotatable bonds is 5. The Balaban J connectivity index is 2.15. The van der Waals surface area contributed by atoms with Crippen molar-refractivity contribution in [1.29, 1.82) is 0 Å². The molecule has 0 radical (unpaired) electrons. The highest BCUT2D eigenvalue weighted by atomic mass is 19.1. The van der Waals surface area contributed by atoms with Crippen molar-refractivity contribution in [3.8, 4) is 11.4 Å². The lowest BCUT2D eigenvalue weighted by Gasteiger charge is -1.95. The smallest absolute Gasteiger partial charge is 0.335 e. The number of aliphatic carboxylic acids is 1. The number of carboxylic acids is 1. The van der Waals surface area contributed by atoms with E-state index in [4.69, 9.17) is 5.11 Å². The van der Waals surface area contributed by atoms with E-state index in [1.165, 1.54) is 18.2 Å². The van der Waals surface area contributed by atoms with Gasteiger partial charge in [0.25, 0.3) is 0 Å². The summed E-state index contributed by atoms with van der Waals surface area (Å²) in [4.78, 5) is 14.9. The Hall–Kier alpha value is -3.02. The van der Waals surface area contributed by atoms with Crippen LogP contribution in [0.2, 0.25) is 0 Å². The molecule has 22 heavy (non-hydrogen) atoms. The van der Waals surface area contributed by atoms with Crippen LogP contribution in [0.25, 0.3) is 17.0 Å². The third-order valence-corrected chi connectivity index (χ3v) is 2.87. The molecule has 1 aromatic heterocycles. The van der Waals surface area contributed by atoms with Gasteiger partial charge in [0.15, 0.2) is 11.6 Å². The molecule has 1 heterocycles. The number of aromatic amines is 1. The van der Waals surface area contributed by atoms with Crippen molar-refractivity contribution in [1.82, 2.24) is 15.2 Å². The summed E-state index contributed by atoms with van der Waals surface area (Å²) >= 11 is 0. The Kier molecular flexibility index (Phi) is 4.63. The summed E-state index contributed by atoms with van der Waals surface area (Å²) in [6.45, 7) is 5.19. The van der Waals surface area contributed by atoms with Gasteiger partial charge in [-0.3, -0.25) is 5.10 Å². The molecule has 0 amide bonds. The number of carbonyl (C=O) groups is 1. The lowest BCUT2D eigenvalue weighted by Crippen LogP contribution is -1.94. The van der Waals surface area contributed by atoms with Gasteiger partial charge < -0.3 is 5.11 Å². The Labute approximate surface area is 126 Å². The lowest BCUT2D eigenvalue weighted by molar-refractivity contribution is -0.132. The molecule has 0 bridgehead atoms. The molecule has 0 saturated heterocycles. The van der Waals surface area contributed by atoms with Gasteiger partial charge in [0.05, 0.1) is 5.57 Å². The molecular formula is C16H14FN3O2. The zero-order valence-corrected chi connectivity index (χ0v) is 11.9. The second kappa shape index (κ2) is 6.62. The van der Waals surface area contributed by atoms with Crippen molar-refractivity contribution < 1.29 is 14.3 Å². The van der Waals surface area contributed by atoms with Gasteiger partial charge in [-0.15, -0.1) is 0 Å². The molecule has 0 aliphatic heterocycles. The SMILES string of the molecule is C=C(/C=C\C=C(/C)c1n[nH]c(-c2ccc(F)cc2)n1)C(=O)O. The van der Waals surface area contributed by atoms with Crippen LogP contribution < -0.4 is 0 Å². The summed E-state index contributed by atoms with van der Waals surface area (Å²) in [5.74, 6) is -0.381. The van der Waals surface area contributed by atoms with E-state index < -0.39 is 5.97 Å². The summed E-state index contributed by atoms with van der Waals surface area (Å²) in [5, 5.41) is 15.5. The summed E-state index contributed by atoms with van der Waals surface area (Å²) in [6, 6.07) is 5.91. The minimum absolute atomic E-state index is 0.00830. The molecule has 0 spiro atoms. The second-order valence-electron chi connectivity index (χ2n) is 4.55.